The van der Waals surface area contributed by atoms with Gasteiger partial charge < -0.3 is 14.4 Å². The Morgan fingerprint density at radius 2 is 1.37 bits per heavy atom. The lowest BCUT2D eigenvalue weighted by atomic mass is 9.89. The second-order valence-electron chi connectivity index (χ2n) is 9.83. The molecule has 4 rings (SSSR count). The fourth-order valence-electron chi connectivity index (χ4n) is 5.27. The quantitative estimate of drug-likeness (QED) is 0.361. The number of rotatable bonds is 5. The van der Waals surface area contributed by atoms with Crippen molar-refractivity contribution in [1.82, 2.24) is 4.90 Å². The molecule has 1 N–H and O–H groups in total. The van der Waals surface area contributed by atoms with Crippen molar-refractivity contribution in [3.05, 3.63) is 41.0 Å². The fourth-order valence-corrected chi connectivity index (χ4v) is 5.75. The topological polar surface area (TPSA) is 110 Å². The third-order valence-corrected chi connectivity index (χ3v) is 7.67. The maximum atomic E-state index is 11.4. The maximum Gasteiger partial charge on any atom is 0.303 e. The third kappa shape index (κ3) is 8.44. The van der Waals surface area contributed by atoms with Gasteiger partial charge >= 0.3 is 11.9 Å². The van der Waals surface area contributed by atoms with E-state index >= 15 is 0 Å². The lowest BCUT2D eigenvalue weighted by Crippen LogP contribution is -2.37. The summed E-state index contributed by atoms with van der Waals surface area (Å²) in [6, 6.07) is 5.99. The highest BCUT2D eigenvalue weighted by Gasteiger charge is 2.38. The van der Waals surface area contributed by atoms with Crippen molar-refractivity contribution in [3.63, 3.8) is 0 Å². The second-order valence-corrected chi connectivity index (χ2v) is 11.3. The highest BCUT2D eigenvalue weighted by atomic mass is 32.2. The molecule has 1 fully saturated rings. The summed E-state index contributed by atoms with van der Waals surface area (Å²) in [6.07, 6.45) is 7.04. The molecule has 0 spiro atoms. The van der Waals surface area contributed by atoms with E-state index in [1.165, 1.54) is 76.0 Å². The molecule has 194 valence electrons. The lowest BCUT2D eigenvalue weighted by molar-refractivity contribution is -0.165. The largest absolute Gasteiger partial charge is 0.458 e. The Kier molecular flexibility index (Phi) is 9.49. The first kappa shape index (κ1) is 27.4. The van der Waals surface area contributed by atoms with Crippen LogP contribution in [-0.4, -0.2) is 61.7 Å². The van der Waals surface area contributed by atoms with E-state index in [1.54, 1.807) is 12.1 Å². The van der Waals surface area contributed by atoms with Crippen LogP contribution < -0.4 is 0 Å². The molecular weight excluding hydrogens is 470 g/mol. The molecule has 35 heavy (non-hydrogen) atoms. The van der Waals surface area contributed by atoms with Crippen molar-refractivity contribution in [2.75, 3.05) is 19.6 Å². The highest BCUT2D eigenvalue weighted by Crippen LogP contribution is 2.42. The first-order chi connectivity index (χ1) is 16.5. The number of carbonyl (C=O) groups excluding carboxylic acids is 2. The lowest BCUT2D eigenvalue weighted by Gasteiger charge is -2.31. The van der Waals surface area contributed by atoms with Gasteiger partial charge in [0.2, 0.25) is 0 Å². The molecule has 9 heteroatoms. The zero-order valence-electron chi connectivity index (χ0n) is 20.9. The molecule has 1 aromatic carbocycles. The number of benzene rings is 1. The molecule has 3 aliphatic rings. The summed E-state index contributed by atoms with van der Waals surface area (Å²) in [5, 5.41) is 0. The molecule has 2 atom stereocenters. The number of nitrogens with zero attached hydrogens (tertiary/aromatic N) is 1. The number of ether oxygens (including phenoxy) is 2. The van der Waals surface area contributed by atoms with Crippen molar-refractivity contribution in [2.45, 2.75) is 82.8 Å². The van der Waals surface area contributed by atoms with Crippen LogP contribution in [0.1, 0.15) is 64.4 Å². The predicted octanol–water partition coefficient (Wildman–Crippen LogP) is 4.08. The van der Waals surface area contributed by atoms with E-state index in [9.17, 15) is 18.0 Å². The van der Waals surface area contributed by atoms with E-state index < -0.39 is 10.1 Å². The molecule has 1 heterocycles. The molecule has 0 unspecified atom stereocenters. The van der Waals surface area contributed by atoms with Gasteiger partial charge in [0.1, 0.15) is 12.2 Å². The molecule has 1 aliphatic heterocycles. The smallest absolute Gasteiger partial charge is 0.303 e. The minimum absolute atomic E-state index is 0.0666. The molecule has 8 nitrogen and oxygen atoms in total. The zero-order chi connectivity index (χ0) is 25.6. The molecule has 0 saturated carbocycles. The predicted molar refractivity (Wildman–Crippen MR) is 131 cm³/mol. The Bertz CT molecular complexity index is 990. The van der Waals surface area contributed by atoms with Crippen molar-refractivity contribution >= 4 is 22.1 Å². The normalized spacial score (nSPS) is 23.2. The average Bonchev–Trinajstić information content (AvgIpc) is 3.15. The van der Waals surface area contributed by atoms with Crippen molar-refractivity contribution in [1.29, 1.82) is 0 Å². The Hall–Kier alpha value is -2.23. The highest BCUT2D eigenvalue weighted by molar-refractivity contribution is 7.85. The second kappa shape index (κ2) is 12.1. The molecule has 0 amide bonds. The van der Waals surface area contributed by atoms with E-state index in [0.29, 0.717) is 5.92 Å². The first-order valence-electron chi connectivity index (χ1n) is 12.3. The van der Waals surface area contributed by atoms with Gasteiger partial charge in [-0.3, -0.25) is 14.1 Å². The van der Waals surface area contributed by atoms with Crippen LogP contribution in [-0.2, 0) is 29.2 Å². The molecule has 0 radical (unpaired) electrons. The monoisotopic (exact) mass is 507 g/mol. The summed E-state index contributed by atoms with van der Waals surface area (Å²) in [4.78, 5) is 25.3. The molecule has 0 aromatic heterocycles. The summed E-state index contributed by atoms with van der Waals surface area (Å²) < 4.78 is 40.4. The van der Waals surface area contributed by atoms with Crippen LogP contribution in [0, 0.1) is 12.8 Å². The number of piperidine rings is 1. The first-order valence-corrected chi connectivity index (χ1v) is 13.8. The van der Waals surface area contributed by atoms with Gasteiger partial charge in [-0.2, -0.15) is 8.42 Å². The zero-order valence-corrected chi connectivity index (χ0v) is 21.7. The number of aryl methyl sites for hydroxylation is 1. The van der Waals surface area contributed by atoms with Gasteiger partial charge in [0.25, 0.3) is 10.1 Å². The van der Waals surface area contributed by atoms with Crippen molar-refractivity contribution in [3.8, 4) is 0 Å². The van der Waals surface area contributed by atoms with Crippen LogP contribution in [0.4, 0.5) is 0 Å². The fraction of sp³-hybridized carbons (Fsp3) is 0.615. The van der Waals surface area contributed by atoms with Crippen LogP contribution >= 0.6 is 0 Å². The summed E-state index contributed by atoms with van der Waals surface area (Å²) in [6.45, 7) is 8.31. The van der Waals surface area contributed by atoms with Gasteiger partial charge in [0, 0.05) is 33.2 Å². The van der Waals surface area contributed by atoms with Crippen LogP contribution in [0.3, 0.4) is 0 Å². The maximum absolute atomic E-state index is 11.4. The molecule has 1 aromatic rings. The minimum Gasteiger partial charge on any atom is -0.458 e. The number of hydrogen-bond acceptors (Lipinski definition) is 7. The minimum atomic E-state index is -4.02. The Morgan fingerprint density at radius 1 is 0.886 bits per heavy atom. The van der Waals surface area contributed by atoms with Crippen LogP contribution in [0.25, 0.3) is 0 Å². The summed E-state index contributed by atoms with van der Waals surface area (Å²) in [7, 11) is -4.02. The Labute approximate surface area is 208 Å². The van der Waals surface area contributed by atoms with E-state index in [0.717, 1.165) is 31.2 Å². The van der Waals surface area contributed by atoms with Crippen LogP contribution in [0.5, 0.6) is 0 Å². The number of hydrogen-bond donors (Lipinski definition) is 1. The van der Waals surface area contributed by atoms with Gasteiger partial charge in [-0.15, -0.1) is 0 Å². The van der Waals surface area contributed by atoms with E-state index in [4.69, 9.17) is 14.0 Å². The molecular formula is C26H37NO7S. The van der Waals surface area contributed by atoms with Gasteiger partial charge in [0.15, 0.2) is 0 Å². The summed E-state index contributed by atoms with van der Waals surface area (Å²) in [5.41, 5.74) is 3.83. The Balaban J connectivity index is 0.000000261. The Morgan fingerprint density at radius 3 is 1.80 bits per heavy atom. The van der Waals surface area contributed by atoms with Gasteiger partial charge in [-0.1, -0.05) is 35.3 Å². The summed E-state index contributed by atoms with van der Waals surface area (Å²) in [5.74, 6) is 0.0651. The molecule has 2 aliphatic carbocycles. The van der Waals surface area contributed by atoms with Crippen LogP contribution in [0.15, 0.2) is 40.3 Å². The van der Waals surface area contributed by atoms with Crippen molar-refractivity contribution in [2.24, 2.45) is 5.92 Å². The van der Waals surface area contributed by atoms with Crippen molar-refractivity contribution < 1.29 is 32.0 Å². The number of esters is 2. The SMILES string of the molecule is CC(=O)O[C@@H]1CC2=C(CC(CN3CCCCC3)C2)C[C@H]1OC(C)=O.Cc1ccc(S(=O)(=O)O)cc1. The van der Waals surface area contributed by atoms with E-state index in [-0.39, 0.29) is 29.0 Å². The van der Waals surface area contributed by atoms with E-state index in [2.05, 4.69) is 4.90 Å². The van der Waals surface area contributed by atoms with Crippen LogP contribution in [0.2, 0.25) is 0 Å². The molecule has 0 bridgehead atoms. The van der Waals surface area contributed by atoms with Gasteiger partial charge in [-0.25, -0.2) is 0 Å². The van der Waals surface area contributed by atoms with E-state index in [1.807, 2.05) is 6.92 Å². The standard InChI is InChI=1S/C19H29NO4.C7H8O3S/c1-13(21)23-18-10-16-8-15(12-20-6-4-3-5-7-20)9-17(16)11-19(18)24-14(2)22;1-6-2-4-7(5-3-6)11(8,9)10/h15,18-19H,3-12H2,1-2H3;2-5H,1H3,(H,8,9,10)/t18-,19-;/m1./s1. The number of carbonyl (C=O) groups is 2. The third-order valence-electron chi connectivity index (χ3n) is 6.80. The number of likely N-dealkylation sites (tertiary alicyclic amines) is 1. The van der Waals surface area contributed by atoms with Gasteiger partial charge in [0.05, 0.1) is 4.90 Å². The average molecular weight is 508 g/mol. The molecule has 1 saturated heterocycles. The van der Waals surface area contributed by atoms with Gasteiger partial charge in [-0.05, 0) is 63.7 Å². The summed E-state index contributed by atoms with van der Waals surface area (Å²) >= 11 is 0.